The molecule has 148 valence electrons. The Balaban J connectivity index is 1.84. The van der Waals surface area contributed by atoms with Crippen LogP contribution in [-0.2, 0) is 14.8 Å². The van der Waals surface area contributed by atoms with E-state index in [0.29, 0.717) is 24.6 Å². The first-order chi connectivity index (χ1) is 12.8. The number of nitrogens with zero attached hydrogens (tertiary/aromatic N) is 2. The van der Waals surface area contributed by atoms with Crippen LogP contribution in [0.4, 0.5) is 0 Å². The van der Waals surface area contributed by atoms with Gasteiger partial charge < -0.3 is 16.0 Å². The number of carbonyl (C=O) groups is 2. The first kappa shape index (κ1) is 19.8. The summed E-state index contributed by atoms with van der Waals surface area (Å²) in [5.74, 6) is -0.0179. The second-order valence-electron chi connectivity index (χ2n) is 7.23. The number of likely N-dealkylation sites (tertiary alicyclic amines) is 1. The van der Waals surface area contributed by atoms with E-state index < -0.39 is 10.0 Å². The SMILES string of the molecule is CC1CCN(C(=O)c2cccc(S(=O)(=O)N3CCNC(=O)C3)c2)C(CN)C1. The van der Waals surface area contributed by atoms with E-state index in [1.807, 2.05) is 0 Å². The lowest BCUT2D eigenvalue weighted by molar-refractivity contribution is -0.122. The second kappa shape index (κ2) is 7.95. The van der Waals surface area contributed by atoms with E-state index >= 15 is 0 Å². The summed E-state index contributed by atoms with van der Waals surface area (Å²) < 4.78 is 26.8. The number of hydrogen-bond acceptors (Lipinski definition) is 5. The smallest absolute Gasteiger partial charge is 0.254 e. The van der Waals surface area contributed by atoms with Crippen LogP contribution in [0.25, 0.3) is 0 Å². The van der Waals surface area contributed by atoms with Crippen LogP contribution in [0.3, 0.4) is 0 Å². The zero-order chi connectivity index (χ0) is 19.6. The van der Waals surface area contributed by atoms with Crippen molar-refractivity contribution in [2.75, 3.05) is 32.7 Å². The zero-order valence-corrected chi connectivity index (χ0v) is 16.2. The molecule has 0 radical (unpaired) electrons. The Bertz CT molecular complexity index is 826. The van der Waals surface area contributed by atoms with Crippen molar-refractivity contribution in [3.63, 3.8) is 0 Å². The molecule has 9 heteroatoms. The van der Waals surface area contributed by atoms with Crippen molar-refractivity contribution in [3.8, 4) is 0 Å². The van der Waals surface area contributed by atoms with Crippen LogP contribution in [0.1, 0.15) is 30.1 Å². The van der Waals surface area contributed by atoms with Gasteiger partial charge in [-0.05, 0) is 37.0 Å². The van der Waals surface area contributed by atoms with Crippen molar-refractivity contribution in [1.29, 1.82) is 0 Å². The largest absolute Gasteiger partial charge is 0.354 e. The average molecular weight is 394 g/mol. The van der Waals surface area contributed by atoms with Gasteiger partial charge in [0.1, 0.15) is 0 Å². The molecule has 0 spiro atoms. The fourth-order valence-corrected chi connectivity index (χ4v) is 5.11. The third kappa shape index (κ3) is 4.15. The summed E-state index contributed by atoms with van der Waals surface area (Å²) in [6.07, 6.45) is 1.76. The highest BCUT2D eigenvalue weighted by atomic mass is 32.2. The second-order valence-corrected chi connectivity index (χ2v) is 9.17. The van der Waals surface area contributed by atoms with Crippen molar-refractivity contribution < 1.29 is 18.0 Å². The molecule has 2 atom stereocenters. The van der Waals surface area contributed by atoms with Crippen LogP contribution < -0.4 is 11.1 Å². The van der Waals surface area contributed by atoms with Crippen LogP contribution in [0.2, 0.25) is 0 Å². The summed E-state index contributed by atoms with van der Waals surface area (Å²) >= 11 is 0. The van der Waals surface area contributed by atoms with Gasteiger partial charge in [0.05, 0.1) is 11.4 Å². The Kier molecular flexibility index (Phi) is 5.83. The fraction of sp³-hybridized carbons (Fsp3) is 0.556. The first-order valence-electron chi connectivity index (χ1n) is 9.21. The third-order valence-electron chi connectivity index (χ3n) is 5.23. The van der Waals surface area contributed by atoms with Gasteiger partial charge in [-0.2, -0.15) is 4.31 Å². The fourth-order valence-electron chi connectivity index (χ4n) is 3.67. The molecule has 1 aromatic carbocycles. The molecule has 2 fully saturated rings. The number of piperazine rings is 1. The number of rotatable bonds is 4. The standard InChI is InChI=1S/C18H26N4O4S/c1-13-5-7-22(15(9-13)11-19)18(24)14-3-2-4-16(10-14)27(25,26)21-8-6-20-17(23)12-21/h2-4,10,13,15H,5-9,11-12,19H2,1H3,(H,20,23). The Morgan fingerprint density at radius 3 is 2.81 bits per heavy atom. The molecular weight excluding hydrogens is 368 g/mol. The maximum atomic E-state index is 13.0. The van der Waals surface area contributed by atoms with Crippen LogP contribution in [-0.4, -0.2) is 68.2 Å². The molecular formula is C18H26N4O4S. The van der Waals surface area contributed by atoms with Gasteiger partial charge in [-0.25, -0.2) is 8.42 Å². The number of nitrogens with two attached hydrogens (primary N) is 1. The number of hydrogen-bond donors (Lipinski definition) is 2. The molecule has 2 amide bonds. The van der Waals surface area contributed by atoms with Crippen molar-refractivity contribution in [2.45, 2.75) is 30.7 Å². The lowest BCUT2D eigenvalue weighted by Crippen LogP contribution is -2.50. The minimum Gasteiger partial charge on any atom is -0.354 e. The highest BCUT2D eigenvalue weighted by Crippen LogP contribution is 2.25. The molecule has 1 aromatic rings. The van der Waals surface area contributed by atoms with E-state index in [4.69, 9.17) is 5.73 Å². The molecule has 0 saturated carbocycles. The molecule has 8 nitrogen and oxygen atoms in total. The average Bonchev–Trinajstić information content (AvgIpc) is 2.67. The van der Waals surface area contributed by atoms with Gasteiger partial charge in [-0.15, -0.1) is 0 Å². The summed E-state index contributed by atoms with van der Waals surface area (Å²) in [4.78, 5) is 26.3. The number of benzene rings is 1. The Morgan fingerprint density at radius 1 is 1.33 bits per heavy atom. The monoisotopic (exact) mass is 394 g/mol. The molecule has 27 heavy (non-hydrogen) atoms. The van der Waals surface area contributed by atoms with Crippen LogP contribution in [0.5, 0.6) is 0 Å². The molecule has 3 N–H and O–H groups in total. The van der Waals surface area contributed by atoms with Gasteiger partial charge in [0, 0.05) is 37.8 Å². The number of nitrogens with one attached hydrogen (secondary N) is 1. The van der Waals surface area contributed by atoms with E-state index in [-0.39, 0.29) is 42.4 Å². The third-order valence-corrected chi connectivity index (χ3v) is 7.07. The number of carbonyl (C=O) groups excluding carboxylic acids is 2. The van der Waals surface area contributed by atoms with Gasteiger partial charge in [-0.1, -0.05) is 13.0 Å². The van der Waals surface area contributed by atoms with Crippen molar-refractivity contribution in [2.24, 2.45) is 11.7 Å². The number of piperidine rings is 1. The predicted octanol–water partition coefficient (Wildman–Crippen LogP) is 0.00650. The Labute approximate surface area is 159 Å². The molecule has 2 heterocycles. The van der Waals surface area contributed by atoms with Gasteiger partial charge in [0.15, 0.2) is 0 Å². The molecule has 2 saturated heterocycles. The summed E-state index contributed by atoms with van der Waals surface area (Å²) in [6.45, 7) is 3.43. The molecule has 2 unspecified atom stereocenters. The summed E-state index contributed by atoms with van der Waals surface area (Å²) in [5.41, 5.74) is 6.17. The molecule has 0 bridgehead atoms. The number of amides is 2. The summed E-state index contributed by atoms with van der Waals surface area (Å²) in [7, 11) is -3.83. The Hall–Kier alpha value is -1.97. The van der Waals surface area contributed by atoms with Crippen LogP contribution >= 0.6 is 0 Å². The molecule has 2 aliphatic heterocycles. The molecule has 3 rings (SSSR count). The Morgan fingerprint density at radius 2 is 2.11 bits per heavy atom. The van der Waals surface area contributed by atoms with Crippen molar-refractivity contribution in [3.05, 3.63) is 29.8 Å². The van der Waals surface area contributed by atoms with Gasteiger partial charge in [0.25, 0.3) is 5.91 Å². The lowest BCUT2D eigenvalue weighted by atomic mass is 9.92. The van der Waals surface area contributed by atoms with E-state index in [1.165, 1.54) is 12.1 Å². The molecule has 2 aliphatic rings. The number of sulfonamides is 1. The normalized spacial score (nSPS) is 24.5. The maximum Gasteiger partial charge on any atom is 0.254 e. The minimum atomic E-state index is -3.83. The molecule has 0 aliphatic carbocycles. The minimum absolute atomic E-state index is 0.0257. The lowest BCUT2D eigenvalue weighted by Gasteiger charge is -2.38. The predicted molar refractivity (Wildman–Crippen MR) is 100 cm³/mol. The summed E-state index contributed by atoms with van der Waals surface area (Å²) in [6, 6.07) is 6.00. The molecule has 0 aromatic heterocycles. The van der Waals surface area contributed by atoms with Crippen LogP contribution in [0.15, 0.2) is 29.2 Å². The summed E-state index contributed by atoms with van der Waals surface area (Å²) in [5, 5.41) is 2.61. The first-order valence-corrected chi connectivity index (χ1v) is 10.6. The topological polar surface area (TPSA) is 113 Å². The van der Waals surface area contributed by atoms with E-state index in [9.17, 15) is 18.0 Å². The quantitative estimate of drug-likeness (QED) is 0.747. The van der Waals surface area contributed by atoms with Crippen molar-refractivity contribution in [1.82, 2.24) is 14.5 Å². The van der Waals surface area contributed by atoms with E-state index in [2.05, 4.69) is 12.2 Å². The van der Waals surface area contributed by atoms with E-state index in [1.54, 1.807) is 17.0 Å². The highest BCUT2D eigenvalue weighted by Gasteiger charge is 2.32. The van der Waals surface area contributed by atoms with Gasteiger partial charge in [-0.3, -0.25) is 9.59 Å². The highest BCUT2D eigenvalue weighted by molar-refractivity contribution is 7.89. The van der Waals surface area contributed by atoms with Crippen LogP contribution in [0, 0.1) is 5.92 Å². The van der Waals surface area contributed by atoms with Gasteiger partial charge in [0.2, 0.25) is 15.9 Å². The maximum absolute atomic E-state index is 13.0. The van der Waals surface area contributed by atoms with E-state index in [0.717, 1.165) is 17.1 Å². The van der Waals surface area contributed by atoms with Gasteiger partial charge >= 0.3 is 0 Å². The van der Waals surface area contributed by atoms with Crippen molar-refractivity contribution >= 4 is 21.8 Å². The zero-order valence-electron chi connectivity index (χ0n) is 15.4.